The summed E-state index contributed by atoms with van der Waals surface area (Å²) in [6.07, 6.45) is -0.330. The monoisotopic (exact) mass is 677 g/mol. The van der Waals surface area contributed by atoms with Gasteiger partial charge in [0.1, 0.15) is 23.2 Å². The first-order valence-corrected chi connectivity index (χ1v) is 18.0. The highest BCUT2D eigenvalue weighted by atomic mass is 16.3. The van der Waals surface area contributed by atoms with Crippen molar-refractivity contribution in [2.45, 2.75) is 6.17 Å². The fourth-order valence-corrected chi connectivity index (χ4v) is 8.19. The standard InChI is InChI=1S/C49H31N3O/c1-2-13-31(14-3-1)47-50-48(34-24-25-37-33(28-34)23-22-30-12-4-6-16-35(30)37)52-49(51-47)42-27-26-40(46-45(42)41-20-10-11-21-44(41)53-46)43-29-32-15-5-7-17-36(32)38-18-8-9-19-39(38)43/h1-29,47H,(H,50,51,52). The third-order valence-electron chi connectivity index (χ3n) is 10.7. The predicted octanol–water partition coefficient (Wildman–Crippen LogP) is 12.4. The van der Waals surface area contributed by atoms with Crippen molar-refractivity contribution in [1.29, 1.82) is 0 Å². The molecule has 1 atom stereocenters. The van der Waals surface area contributed by atoms with Crippen LogP contribution in [0.1, 0.15) is 22.9 Å². The minimum Gasteiger partial charge on any atom is -0.455 e. The fraction of sp³-hybridized carbons (Fsp3) is 0.0204. The first-order valence-electron chi connectivity index (χ1n) is 18.0. The predicted molar refractivity (Wildman–Crippen MR) is 221 cm³/mol. The SMILES string of the molecule is c1ccc(C2N=C(c3ccc4c(ccc5ccccc54)c3)N=C(c3ccc(-c4cc5ccccc5c5ccccc45)c4oc5ccccc5c34)N2)cc1. The number of amidine groups is 2. The van der Waals surface area contributed by atoms with E-state index < -0.39 is 0 Å². The van der Waals surface area contributed by atoms with Gasteiger partial charge < -0.3 is 9.73 Å². The summed E-state index contributed by atoms with van der Waals surface area (Å²) >= 11 is 0. The van der Waals surface area contributed by atoms with Crippen LogP contribution in [0, 0.1) is 0 Å². The van der Waals surface area contributed by atoms with E-state index in [0.717, 1.165) is 61.0 Å². The Morgan fingerprint density at radius 2 is 1.08 bits per heavy atom. The molecule has 0 bridgehead atoms. The highest BCUT2D eigenvalue weighted by molar-refractivity contribution is 6.25. The smallest absolute Gasteiger partial charge is 0.159 e. The lowest BCUT2D eigenvalue weighted by atomic mass is 9.91. The number of para-hydroxylation sites is 1. The molecule has 248 valence electrons. The van der Waals surface area contributed by atoms with E-state index in [0.29, 0.717) is 5.84 Å². The van der Waals surface area contributed by atoms with Gasteiger partial charge in [0.15, 0.2) is 5.84 Å². The van der Waals surface area contributed by atoms with Crippen LogP contribution in [0.2, 0.25) is 0 Å². The Bertz CT molecular complexity index is 3150. The Kier molecular flexibility index (Phi) is 6.58. The molecule has 1 aliphatic rings. The molecule has 1 aliphatic heterocycles. The highest BCUT2D eigenvalue weighted by Crippen LogP contribution is 2.42. The number of rotatable bonds is 4. The minimum atomic E-state index is -0.330. The fourth-order valence-electron chi connectivity index (χ4n) is 8.19. The van der Waals surface area contributed by atoms with Gasteiger partial charge in [0.25, 0.3) is 0 Å². The van der Waals surface area contributed by atoms with Crippen molar-refractivity contribution >= 4 is 76.7 Å². The molecule has 0 amide bonds. The number of benzene rings is 9. The average molecular weight is 678 g/mol. The molecule has 0 aliphatic carbocycles. The topological polar surface area (TPSA) is 49.9 Å². The van der Waals surface area contributed by atoms with Crippen LogP contribution in [0.4, 0.5) is 0 Å². The number of hydrogen-bond donors (Lipinski definition) is 1. The Balaban J connectivity index is 1.14. The molecule has 0 saturated heterocycles. The van der Waals surface area contributed by atoms with Crippen LogP contribution < -0.4 is 5.32 Å². The molecule has 4 heteroatoms. The van der Waals surface area contributed by atoms with Crippen LogP contribution in [0.5, 0.6) is 0 Å². The summed E-state index contributed by atoms with van der Waals surface area (Å²) in [6.45, 7) is 0. The van der Waals surface area contributed by atoms with E-state index in [9.17, 15) is 0 Å². The molecule has 4 nitrogen and oxygen atoms in total. The van der Waals surface area contributed by atoms with Crippen LogP contribution in [-0.2, 0) is 0 Å². The van der Waals surface area contributed by atoms with Gasteiger partial charge in [-0.1, -0.05) is 146 Å². The maximum atomic E-state index is 6.82. The van der Waals surface area contributed by atoms with Gasteiger partial charge in [-0.05, 0) is 84.5 Å². The van der Waals surface area contributed by atoms with E-state index in [1.807, 2.05) is 12.1 Å². The van der Waals surface area contributed by atoms with Gasteiger partial charge in [0.2, 0.25) is 0 Å². The molecule has 0 fully saturated rings. The summed E-state index contributed by atoms with van der Waals surface area (Å²) in [7, 11) is 0. The maximum absolute atomic E-state index is 6.82. The number of aliphatic imine (C=N–C) groups is 2. The lowest BCUT2D eigenvalue weighted by molar-refractivity contribution is 0.668. The van der Waals surface area contributed by atoms with Crippen molar-refractivity contribution < 1.29 is 4.42 Å². The largest absolute Gasteiger partial charge is 0.455 e. The third-order valence-corrected chi connectivity index (χ3v) is 10.7. The second-order valence-electron chi connectivity index (χ2n) is 13.7. The number of hydrogen-bond acceptors (Lipinski definition) is 4. The Morgan fingerprint density at radius 1 is 0.453 bits per heavy atom. The van der Waals surface area contributed by atoms with Gasteiger partial charge in [-0.15, -0.1) is 0 Å². The van der Waals surface area contributed by atoms with Crippen LogP contribution >= 0.6 is 0 Å². The Labute approximate surface area is 305 Å². The van der Waals surface area contributed by atoms with Gasteiger partial charge in [-0.3, -0.25) is 0 Å². The highest BCUT2D eigenvalue weighted by Gasteiger charge is 2.26. The molecule has 9 aromatic carbocycles. The summed E-state index contributed by atoms with van der Waals surface area (Å²) in [5.41, 5.74) is 6.88. The molecule has 2 heterocycles. The molecule has 10 aromatic rings. The van der Waals surface area contributed by atoms with Crippen LogP contribution in [-0.4, -0.2) is 11.7 Å². The third kappa shape index (κ3) is 4.77. The molecule has 1 N–H and O–H groups in total. The van der Waals surface area contributed by atoms with E-state index in [-0.39, 0.29) is 6.17 Å². The molecule has 0 spiro atoms. The van der Waals surface area contributed by atoms with E-state index in [1.165, 1.54) is 37.7 Å². The van der Waals surface area contributed by atoms with Crippen LogP contribution in [0.3, 0.4) is 0 Å². The van der Waals surface area contributed by atoms with Crippen molar-refractivity contribution in [3.8, 4) is 11.1 Å². The number of nitrogens with zero attached hydrogens (tertiary/aromatic N) is 2. The van der Waals surface area contributed by atoms with Gasteiger partial charge >= 0.3 is 0 Å². The van der Waals surface area contributed by atoms with Crippen LogP contribution in [0.15, 0.2) is 190 Å². The molecular formula is C49H31N3O. The summed E-state index contributed by atoms with van der Waals surface area (Å²) in [5.74, 6) is 1.45. The lowest BCUT2D eigenvalue weighted by Crippen LogP contribution is -2.33. The quantitative estimate of drug-likeness (QED) is 0.189. The molecule has 0 radical (unpaired) electrons. The van der Waals surface area contributed by atoms with E-state index in [2.05, 4.69) is 169 Å². The zero-order chi connectivity index (χ0) is 34.9. The van der Waals surface area contributed by atoms with Gasteiger partial charge in [0, 0.05) is 27.5 Å². The van der Waals surface area contributed by atoms with Crippen molar-refractivity contribution in [1.82, 2.24) is 5.32 Å². The van der Waals surface area contributed by atoms with Gasteiger partial charge in [-0.2, -0.15) is 0 Å². The minimum absolute atomic E-state index is 0.330. The average Bonchev–Trinajstić information content (AvgIpc) is 3.63. The van der Waals surface area contributed by atoms with Crippen molar-refractivity contribution in [2.24, 2.45) is 9.98 Å². The van der Waals surface area contributed by atoms with E-state index >= 15 is 0 Å². The summed E-state index contributed by atoms with van der Waals surface area (Å²) < 4.78 is 6.82. The zero-order valence-corrected chi connectivity index (χ0v) is 28.6. The van der Waals surface area contributed by atoms with Gasteiger partial charge in [0.05, 0.1) is 0 Å². The number of furan rings is 1. The molecular weight excluding hydrogens is 647 g/mol. The molecule has 1 aromatic heterocycles. The van der Waals surface area contributed by atoms with Crippen LogP contribution in [0.25, 0.3) is 76.2 Å². The summed E-state index contributed by atoms with van der Waals surface area (Å²) in [6, 6.07) is 62.1. The summed E-state index contributed by atoms with van der Waals surface area (Å²) in [5, 5.41) is 15.5. The molecule has 11 rings (SSSR count). The van der Waals surface area contributed by atoms with Crippen molar-refractivity contribution in [3.63, 3.8) is 0 Å². The molecule has 53 heavy (non-hydrogen) atoms. The second-order valence-corrected chi connectivity index (χ2v) is 13.7. The first-order chi connectivity index (χ1) is 26.3. The van der Waals surface area contributed by atoms with E-state index in [4.69, 9.17) is 14.4 Å². The first kappa shape index (κ1) is 29.7. The van der Waals surface area contributed by atoms with E-state index in [1.54, 1.807) is 0 Å². The van der Waals surface area contributed by atoms with Crippen molar-refractivity contribution in [3.05, 3.63) is 193 Å². The Morgan fingerprint density at radius 3 is 1.92 bits per heavy atom. The normalized spacial score (nSPS) is 14.6. The molecule has 1 unspecified atom stereocenters. The molecule has 0 saturated carbocycles. The Hall–Kier alpha value is -7.04. The maximum Gasteiger partial charge on any atom is 0.159 e. The second kappa shape index (κ2) is 11.8. The summed E-state index contributed by atoms with van der Waals surface area (Å²) in [4.78, 5) is 10.5. The number of fused-ring (bicyclic) bond motifs is 9. The number of nitrogens with one attached hydrogen (secondary N) is 1. The van der Waals surface area contributed by atoms with Gasteiger partial charge in [-0.25, -0.2) is 9.98 Å². The zero-order valence-electron chi connectivity index (χ0n) is 28.6. The lowest BCUT2D eigenvalue weighted by Gasteiger charge is -2.24. The van der Waals surface area contributed by atoms with Crippen molar-refractivity contribution in [2.75, 3.05) is 0 Å².